The molecule has 1 saturated carbocycles. The van der Waals surface area contributed by atoms with Crippen molar-refractivity contribution in [3.05, 3.63) is 35.9 Å². The van der Waals surface area contributed by atoms with Gasteiger partial charge in [0.1, 0.15) is 0 Å². The van der Waals surface area contributed by atoms with E-state index in [4.69, 9.17) is 0 Å². The van der Waals surface area contributed by atoms with Gasteiger partial charge in [-0.1, -0.05) is 96.0 Å². The van der Waals surface area contributed by atoms with Gasteiger partial charge in [0.15, 0.2) is 0 Å². The molecular formula is C21H34. The topological polar surface area (TPSA) is 0 Å². The van der Waals surface area contributed by atoms with Crippen LogP contribution in [0.1, 0.15) is 90.5 Å². The van der Waals surface area contributed by atoms with Crippen LogP contribution in [0.5, 0.6) is 0 Å². The highest BCUT2D eigenvalue weighted by atomic mass is 14.5. The second-order valence-corrected chi connectivity index (χ2v) is 7.63. The zero-order valence-corrected chi connectivity index (χ0v) is 14.5. The number of hydrogen-bond donors (Lipinski definition) is 0. The third-order valence-corrected chi connectivity index (χ3v) is 6.23. The summed E-state index contributed by atoms with van der Waals surface area (Å²) < 4.78 is 0. The molecule has 0 spiro atoms. The first-order chi connectivity index (χ1) is 10.1. The van der Waals surface area contributed by atoms with Crippen molar-refractivity contribution in [1.82, 2.24) is 0 Å². The van der Waals surface area contributed by atoms with E-state index >= 15 is 0 Å². The van der Waals surface area contributed by atoms with E-state index < -0.39 is 0 Å². The Morgan fingerprint density at radius 2 is 1.62 bits per heavy atom. The Kier molecular flexibility index (Phi) is 5.90. The van der Waals surface area contributed by atoms with Crippen molar-refractivity contribution >= 4 is 0 Å². The third kappa shape index (κ3) is 3.71. The Bertz CT molecular complexity index is 399. The molecule has 21 heavy (non-hydrogen) atoms. The predicted molar refractivity (Wildman–Crippen MR) is 93.7 cm³/mol. The van der Waals surface area contributed by atoms with E-state index in [0.29, 0.717) is 10.8 Å². The highest BCUT2D eigenvalue weighted by Gasteiger charge is 2.45. The van der Waals surface area contributed by atoms with Crippen LogP contribution < -0.4 is 0 Å². The lowest BCUT2D eigenvalue weighted by Gasteiger charge is -2.50. The summed E-state index contributed by atoms with van der Waals surface area (Å²) in [4.78, 5) is 0. The Hall–Kier alpha value is -0.780. The number of rotatable bonds is 7. The fourth-order valence-electron chi connectivity index (χ4n) is 4.39. The van der Waals surface area contributed by atoms with Gasteiger partial charge >= 0.3 is 0 Å². The van der Waals surface area contributed by atoms with E-state index in [1.165, 1.54) is 64.2 Å². The molecule has 2 rings (SSSR count). The first-order valence-electron chi connectivity index (χ1n) is 9.18. The van der Waals surface area contributed by atoms with E-state index in [9.17, 15) is 0 Å². The molecule has 118 valence electrons. The van der Waals surface area contributed by atoms with Gasteiger partial charge in [-0.3, -0.25) is 0 Å². The zero-order valence-electron chi connectivity index (χ0n) is 14.5. The fourth-order valence-corrected chi connectivity index (χ4v) is 4.39. The molecule has 0 heteroatoms. The summed E-state index contributed by atoms with van der Waals surface area (Å²) in [7, 11) is 0. The summed E-state index contributed by atoms with van der Waals surface area (Å²) in [5.74, 6) is 0. The Labute approximate surface area is 132 Å². The lowest BCUT2D eigenvalue weighted by atomic mass is 9.54. The molecule has 1 aromatic rings. The summed E-state index contributed by atoms with van der Waals surface area (Å²) in [5, 5.41) is 0. The first-order valence-corrected chi connectivity index (χ1v) is 9.18. The van der Waals surface area contributed by atoms with Gasteiger partial charge in [0.2, 0.25) is 0 Å². The maximum atomic E-state index is 2.57. The SMILES string of the molecule is CCCCCC[C@](C)(c1ccccc1)C1(C)CCCCC1. The van der Waals surface area contributed by atoms with Crippen LogP contribution >= 0.6 is 0 Å². The van der Waals surface area contributed by atoms with Crippen LogP contribution in [0, 0.1) is 5.41 Å². The summed E-state index contributed by atoms with van der Waals surface area (Å²) in [6.07, 6.45) is 14.0. The van der Waals surface area contributed by atoms with Gasteiger partial charge in [-0.15, -0.1) is 0 Å². The van der Waals surface area contributed by atoms with Crippen molar-refractivity contribution in [2.24, 2.45) is 5.41 Å². The second kappa shape index (κ2) is 7.47. The van der Waals surface area contributed by atoms with E-state index in [-0.39, 0.29) is 0 Å². The second-order valence-electron chi connectivity index (χ2n) is 7.63. The van der Waals surface area contributed by atoms with E-state index in [1.54, 1.807) is 5.56 Å². The highest BCUT2D eigenvalue weighted by Crippen LogP contribution is 2.53. The van der Waals surface area contributed by atoms with Crippen LogP contribution in [0.4, 0.5) is 0 Å². The molecule has 0 nitrogen and oxygen atoms in total. The molecule has 1 aliphatic rings. The van der Waals surface area contributed by atoms with E-state index in [0.717, 1.165) is 0 Å². The third-order valence-electron chi connectivity index (χ3n) is 6.23. The Balaban J connectivity index is 2.20. The summed E-state index contributed by atoms with van der Waals surface area (Å²) in [5.41, 5.74) is 2.41. The van der Waals surface area contributed by atoms with Crippen molar-refractivity contribution in [3.8, 4) is 0 Å². The summed E-state index contributed by atoms with van der Waals surface area (Å²) in [6.45, 7) is 7.43. The predicted octanol–water partition coefficient (Wildman–Crippen LogP) is 6.89. The average molecular weight is 287 g/mol. The molecule has 1 atom stereocenters. The van der Waals surface area contributed by atoms with Crippen LogP contribution in [0.2, 0.25) is 0 Å². The van der Waals surface area contributed by atoms with Crippen molar-refractivity contribution in [2.75, 3.05) is 0 Å². The minimum absolute atomic E-state index is 0.350. The quantitative estimate of drug-likeness (QED) is 0.479. The Morgan fingerprint density at radius 1 is 0.952 bits per heavy atom. The smallest absolute Gasteiger partial charge is 0.00215 e. The van der Waals surface area contributed by atoms with Gasteiger partial charge in [0.25, 0.3) is 0 Å². The van der Waals surface area contributed by atoms with E-state index in [2.05, 4.69) is 51.1 Å². The van der Waals surface area contributed by atoms with Crippen molar-refractivity contribution in [3.63, 3.8) is 0 Å². The minimum Gasteiger partial charge on any atom is -0.0654 e. The van der Waals surface area contributed by atoms with Crippen LogP contribution in [-0.4, -0.2) is 0 Å². The molecule has 0 aliphatic heterocycles. The molecule has 0 unspecified atom stereocenters. The highest BCUT2D eigenvalue weighted by molar-refractivity contribution is 5.28. The van der Waals surface area contributed by atoms with Crippen LogP contribution in [0.15, 0.2) is 30.3 Å². The molecule has 0 heterocycles. The molecule has 1 aromatic carbocycles. The van der Waals surface area contributed by atoms with Gasteiger partial charge in [0.05, 0.1) is 0 Å². The van der Waals surface area contributed by atoms with Gasteiger partial charge in [-0.25, -0.2) is 0 Å². The van der Waals surface area contributed by atoms with Crippen LogP contribution in [0.3, 0.4) is 0 Å². The molecule has 0 bridgehead atoms. The van der Waals surface area contributed by atoms with Gasteiger partial charge in [-0.05, 0) is 35.7 Å². The molecule has 1 fully saturated rings. The fraction of sp³-hybridized carbons (Fsp3) is 0.714. The summed E-state index contributed by atoms with van der Waals surface area (Å²) >= 11 is 0. The van der Waals surface area contributed by atoms with E-state index in [1.807, 2.05) is 0 Å². The first kappa shape index (κ1) is 16.6. The average Bonchev–Trinajstić information content (AvgIpc) is 2.53. The molecular weight excluding hydrogens is 252 g/mol. The maximum Gasteiger partial charge on any atom is -0.00215 e. The molecule has 1 aliphatic carbocycles. The molecule has 0 saturated heterocycles. The summed E-state index contributed by atoms with van der Waals surface area (Å²) in [6, 6.07) is 11.4. The largest absolute Gasteiger partial charge is 0.0654 e. The van der Waals surface area contributed by atoms with Crippen LogP contribution in [-0.2, 0) is 5.41 Å². The molecule has 0 N–H and O–H groups in total. The maximum absolute atomic E-state index is 2.57. The van der Waals surface area contributed by atoms with Gasteiger partial charge < -0.3 is 0 Å². The normalized spacial score (nSPS) is 20.9. The van der Waals surface area contributed by atoms with Crippen molar-refractivity contribution < 1.29 is 0 Å². The number of hydrogen-bond acceptors (Lipinski definition) is 0. The number of benzene rings is 1. The standard InChI is InChI=1S/C21H34/c1-4-5-6-13-18-21(3,19-14-9-7-10-15-19)20(2)16-11-8-12-17-20/h7,9-10,14-15H,4-6,8,11-13,16-18H2,1-3H3/t21-/m1/s1. The lowest BCUT2D eigenvalue weighted by Crippen LogP contribution is -2.43. The monoisotopic (exact) mass is 286 g/mol. The van der Waals surface area contributed by atoms with Gasteiger partial charge in [0, 0.05) is 0 Å². The Morgan fingerprint density at radius 3 is 2.24 bits per heavy atom. The van der Waals surface area contributed by atoms with Crippen LogP contribution in [0.25, 0.3) is 0 Å². The number of unbranched alkanes of at least 4 members (excludes halogenated alkanes) is 3. The molecule has 0 amide bonds. The van der Waals surface area contributed by atoms with Crippen molar-refractivity contribution in [2.45, 2.75) is 90.4 Å². The van der Waals surface area contributed by atoms with Crippen molar-refractivity contribution in [1.29, 1.82) is 0 Å². The lowest BCUT2D eigenvalue weighted by molar-refractivity contribution is 0.0841. The van der Waals surface area contributed by atoms with Gasteiger partial charge in [-0.2, -0.15) is 0 Å². The zero-order chi connectivity index (χ0) is 15.2. The molecule has 0 radical (unpaired) electrons. The minimum atomic E-state index is 0.350. The molecule has 0 aromatic heterocycles.